The van der Waals surface area contributed by atoms with Gasteiger partial charge in [0.05, 0.1) is 21.7 Å². The minimum atomic E-state index is -0.509. The molecular weight excluding hydrogens is 407 g/mol. The zero-order chi connectivity index (χ0) is 20.1. The molecule has 4 aromatic rings. The van der Waals surface area contributed by atoms with Gasteiger partial charge in [0.15, 0.2) is 0 Å². The van der Waals surface area contributed by atoms with E-state index in [-0.39, 0.29) is 10.6 Å². The summed E-state index contributed by atoms with van der Waals surface area (Å²) < 4.78 is 15.3. The van der Waals surface area contributed by atoms with Crippen LogP contribution in [0.25, 0.3) is 27.5 Å². The summed E-state index contributed by atoms with van der Waals surface area (Å²) in [6.07, 6.45) is 2.92. The molecular formula is C23H18ClFN2OS. The average molecular weight is 425 g/mol. The lowest BCUT2D eigenvalue weighted by molar-refractivity contribution is 0.628. The van der Waals surface area contributed by atoms with Crippen LogP contribution in [0.1, 0.15) is 24.8 Å². The van der Waals surface area contributed by atoms with E-state index in [0.29, 0.717) is 16.9 Å². The third-order valence-electron chi connectivity index (χ3n) is 5.57. The van der Waals surface area contributed by atoms with Crippen molar-refractivity contribution in [1.29, 1.82) is 0 Å². The van der Waals surface area contributed by atoms with Gasteiger partial charge in [-0.15, -0.1) is 0 Å². The molecule has 1 saturated heterocycles. The number of pyridine rings is 2. The third kappa shape index (κ3) is 3.22. The van der Waals surface area contributed by atoms with Crippen molar-refractivity contribution in [3.63, 3.8) is 0 Å². The van der Waals surface area contributed by atoms with Crippen LogP contribution in [-0.2, 0) is 0 Å². The van der Waals surface area contributed by atoms with Crippen LogP contribution in [-0.4, -0.2) is 20.6 Å². The van der Waals surface area contributed by atoms with Gasteiger partial charge in [0.2, 0.25) is 0 Å². The predicted octanol–water partition coefficient (Wildman–Crippen LogP) is 5.94. The van der Waals surface area contributed by atoms with Gasteiger partial charge in [0.25, 0.3) is 5.56 Å². The molecule has 3 nitrogen and oxygen atoms in total. The number of hydrogen-bond acceptors (Lipinski definition) is 3. The molecule has 0 bridgehead atoms. The van der Waals surface area contributed by atoms with Crippen LogP contribution in [0.3, 0.4) is 0 Å². The van der Waals surface area contributed by atoms with Gasteiger partial charge < -0.3 is 0 Å². The smallest absolute Gasteiger partial charge is 0.255 e. The van der Waals surface area contributed by atoms with Crippen molar-refractivity contribution in [2.24, 2.45) is 0 Å². The van der Waals surface area contributed by atoms with Gasteiger partial charge in [-0.05, 0) is 54.3 Å². The topological polar surface area (TPSA) is 34.9 Å². The molecule has 2 aromatic carbocycles. The molecule has 2 aromatic heterocycles. The normalized spacial score (nSPS) is 19.3. The second-order valence-electron chi connectivity index (χ2n) is 7.52. The van der Waals surface area contributed by atoms with E-state index < -0.39 is 5.82 Å². The number of benzene rings is 2. The highest BCUT2D eigenvalue weighted by molar-refractivity contribution is 8.00. The molecule has 6 heteroatoms. The van der Waals surface area contributed by atoms with Gasteiger partial charge in [-0.25, -0.2) is 4.39 Å². The van der Waals surface area contributed by atoms with Crippen LogP contribution in [0, 0.1) is 5.82 Å². The first-order valence-corrected chi connectivity index (χ1v) is 11.0. The molecule has 0 aliphatic carbocycles. The second-order valence-corrected chi connectivity index (χ2v) is 9.40. The van der Waals surface area contributed by atoms with E-state index >= 15 is 0 Å². The van der Waals surface area contributed by atoms with Crippen LogP contribution in [0.4, 0.5) is 4.39 Å². The number of hydrogen-bond donors (Lipinski definition) is 0. The predicted molar refractivity (Wildman–Crippen MR) is 119 cm³/mol. The Labute approximate surface area is 176 Å². The molecule has 5 rings (SSSR count). The quantitative estimate of drug-likeness (QED) is 0.373. The monoisotopic (exact) mass is 424 g/mol. The summed E-state index contributed by atoms with van der Waals surface area (Å²) >= 11 is 8.00. The summed E-state index contributed by atoms with van der Waals surface area (Å²) in [5.41, 5.74) is 3.21. The van der Waals surface area contributed by atoms with Crippen molar-refractivity contribution in [2.45, 2.75) is 24.5 Å². The maximum absolute atomic E-state index is 13.7. The number of fused-ring (bicyclic) bond motifs is 3. The molecule has 0 amide bonds. The van der Waals surface area contributed by atoms with Crippen LogP contribution < -0.4 is 5.56 Å². The van der Waals surface area contributed by atoms with E-state index in [1.54, 1.807) is 22.9 Å². The highest BCUT2D eigenvalue weighted by Crippen LogP contribution is 2.39. The SMILES string of the molecule is CC1CC(c2ccc3ncc4ccc(=O)n(-c5ccc(F)c(Cl)c5)c4c3c2)CS1. The van der Waals surface area contributed by atoms with Crippen molar-refractivity contribution in [1.82, 2.24) is 9.55 Å². The zero-order valence-electron chi connectivity index (χ0n) is 15.7. The molecule has 3 heterocycles. The summed E-state index contributed by atoms with van der Waals surface area (Å²) in [6.45, 7) is 2.26. The molecule has 1 fully saturated rings. The van der Waals surface area contributed by atoms with Crippen molar-refractivity contribution < 1.29 is 4.39 Å². The lowest BCUT2D eigenvalue weighted by atomic mass is 9.95. The first kappa shape index (κ1) is 18.6. The molecule has 146 valence electrons. The Hall–Kier alpha value is -2.37. The van der Waals surface area contributed by atoms with Gasteiger partial charge in [-0.2, -0.15) is 11.8 Å². The van der Waals surface area contributed by atoms with Gasteiger partial charge in [-0.1, -0.05) is 24.6 Å². The standard InChI is InChI=1S/C23H18ClFN2OS/c1-13-8-16(12-29-13)14-2-6-21-18(9-14)23-15(11-26-21)3-7-22(28)27(23)17-4-5-20(25)19(24)10-17/h2-7,9-11,13,16H,8,12H2,1H3. The number of thioether (sulfide) groups is 1. The Kier molecular flexibility index (Phi) is 4.60. The van der Waals surface area contributed by atoms with E-state index in [9.17, 15) is 9.18 Å². The van der Waals surface area contributed by atoms with Gasteiger partial charge in [-0.3, -0.25) is 14.3 Å². The molecule has 0 spiro atoms. The lowest BCUT2D eigenvalue weighted by Crippen LogP contribution is -2.18. The highest BCUT2D eigenvalue weighted by atomic mass is 35.5. The van der Waals surface area contributed by atoms with E-state index in [4.69, 9.17) is 11.6 Å². The number of aromatic nitrogens is 2. The summed E-state index contributed by atoms with van der Waals surface area (Å²) in [4.78, 5) is 17.4. The van der Waals surface area contributed by atoms with E-state index in [1.807, 2.05) is 17.8 Å². The Morgan fingerprint density at radius 1 is 1.17 bits per heavy atom. The molecule has 2 unspecified atom stereocenters. The molecule has 2 atom stereocenters. The fourth-order valence-electron chi connectivity index (χ4n) is 4.11. The minimum Gasteiger partial charge on any atom is -0.276 e. The Morgan fingerprint density at radius 3 is 2.79 bits per heavy atom. The Morgan fingerprint density at radius 2 is 2.03 bits per heavy atom. The molecule has 29 heavy (non-hydrogen) atoms. The summed E-state index contributed by atoms with van der Waals surface area (Å²) in [7, 11) is 0. The van der Waals surface area contributed by atoms with Gasteiger partial charge >= 0.3 is 0 Å². The largest absolute Gasteiger partial charge is 0.276 e. The van der Waals surface area contributed by atoms with Crippen LogP contribution in [0.2, 0.25) is 5.02 Å². The molecule has 1 aliphatic rings. The number of rotatable bonds is 2. The van der Waals surface area contributed by atoms with E-state index in [0.717, 1.165) is 34.0 Å². The number of nitrogens with zero attached hydrogens (tertiary/aromatic N) is 2. The molecule has 0 saturated carbocycles. The Bertz CT molecular complexity index is 1320. The fraction of sp³-hybridized carbons (Fsp3) is 0.217. The maximum atomic E-state index is 13.7. The van der Waals surface area contributed by atoms with Crippen LogP contribution in [0.5, 0.6) is 0 Å². The molecule has 0 radical (unpaired) electrons. The first-order valence-electron chi connectivity index (χ1n) is 9.53. The summed E-state index contributed by atoms with van der Waals surface area (Å²) in [5.74, 6) is 1.09. The number of halogens is 2. The van der Waals surface area contributed by atoms with Crippen molar-refractivity contribution in [2.75, 3.05) is 5.75 Å². The minimum absolute atomic E-state index is 0.0116. The van der Waals surface area contributed by atoms with Gasteiger partial charge in [0, 0.05) is 34.0 Å². The lowest BCUT2D eigenvalue weighted by Gasteiger charge is -2.15. The summed E-state index contributed by atoms with van der Waals surface area (Å²) in [6, 6.07) is 14.0. The van der Waals surface area contributed by atoms with Crippen molar-refractivity contribution in [3.8, 4) is 5.69 Å². The third-order valence-corrected chi connectivity index (χ3v) is 7.22. The molecule has 1 aliphatic heterocycles. The average Bonchev–Trinajstić information content (AvgIpc) is 3.16. The van der Waals surface area contributed by atoms with Gasteiger partial charge in [0.1, 0.15) is 5.82 Å². The second kappa shape index (κ2) is 7.15. The van der Waals surface area contributed by atoms with Crippen LogP contribution in [0.15, 0.2) is 59.5 Å². The Balaban J connectivity index is 1.82. The van der Waals surface area contributed by atoms with Crippen molar-refractivity contribution in [3.05, 3.63) is 81.5 Å². The van der Waals surface area contributed by atoms with Crippen molar-refractivity contribution >= 4 is 45.2 Å². The highest BCUT2D eigenvalue weighted by Gasteiger charge is 2.24. The first-order chi connectivity index (χ1) is 14.0. The van der Waals surface area contributed by atoms with E-state index in [2.05, 4.69) is 24.0 Å². The van der Waals surface area contributed by atoms with E-state index in [1.165, 1.54) is 23.8 Å². The molecule has 0 N–H and O–H groups in total. The summed E-state index contributed by atoms with van der Waals surface area (Å²) in [5, 5.41) is 2.41. The van der Waals surface area contributed by atoms with Crippen LogP contribution >= 0.6 is 23.4 Å². The maximum Gasteiger partial charge on any atom is 0.255 e. The fourth-order valence-corrected chi connectivity index (χ4v) is 5.55. The zero-order valence-corrected chi connectivity index (χ0v) is 17.3.